The van der Waals surface area contributed by atoms with E-state index in [2.05, 4.69) is 16.0 Å². The number of carbonyl (C=O) groups excluding carboxylic acids is 4. The molecule has 11 heteroatoms. The number of ether oxygens (including phenoxy) is 2. The quantitative estimate of drug-likeness (QED) is 0.362. The molecular formula is C31H33ClN4O6. The number of para-hydroxylation sites is 1. The van der Waals surface area contributed by atoms with Crippen LogP contribution >= 0.6 is 11.6 Å². The number of halogens is 1. The molecule has 0 spiro atoms. The van der Waals surface area contributed by atoms with Gasteiger partial charge in [0.05, 0.1) is 25.1 Å². The molecule has 3 aromatic rings. The SMILES string of the molecule is CN1CCOc2ccccc2C(=O)N[C@H](C(=O)NCCOc2ccc(Cl)cc2)CC(=O)N[C@@H](Cc2ccccc2)C1=O. The molecule has 42 heavy (non-hydrogen) atoms. The summed E-state index contributed by atoms with van der Waals surface area (Å²) in [5, 5.41) is 8.72. The van der Waals surface area contributed by atoms with Gasteiger partial charge in [0.15, 0.2) is 0 Å². The Labute approximate surface area is 249 Å². The molecule has 0 radical (unpaired) electrons. The van der Waals surface area contributed by atoms with E-state index in [0.717, 1.165) is 5.56 Å². The maximum absolute atomic E-state index is 13.4. The fourth-order valence-electron chi connectivity index (χ4n) is 4.38. The lowest BCUT2D eigenvalue weighted by atomic mass is 10.0. The number of fused-ring (bicyclic) bond motifs is 1. The van der Waals surface area contributed by atoms with E-state index >= 15 is 0 Å². The van der Waals surface area contributed by atoms with Gasteiger partial charge in [0.2, 0.25) is 17.7 Å². The number of nitrogens with zero attached hydrogens (tertiary/aromatic N) is 1. The van der Waals surface area contributed by atoms with E-state index < -0.39 is 29.8 Å². The number of rotatable bonds is 7. The molecule has 0 saturated heterocycles. The van der Waals surface area contributed by atoms with E-state index in [9.17, 15) is 19.2 Å². The summed E-state index contributed by atoms with van der Waals surface area (Å²) in [6.45, 7) is 0.626. The van der Waals surface area contributed by atoms with Crippen LogP contribution in [0.2, 0.25) is 5.02 Å². The third-order valence-electron chi connectivity index (χ3n) is 6.60. The summed E-state index contributed by atoms with van der Waals surface area (Å²) in [5.74, 6) is -1.13. The minimum absolute atomic E-state index is 0.120. The molecule has 3 N–H and O–H groups in total. The van der Waals surface area contributed by atoms with Crippen molar-refractivity contribution >= 4 is 35.2 Å². The Bertz CT molecular complexity index is 1390. The summed E-state index contributed by atoms with van der Waals surface area (Å²) < 4.78 is 11.5. The third kappa shape index (κ3) is 8.71. The number of hydrogen-bond donors (Lipinski definition) is 3. The molecule has 4 rings (SSSR count). The van der Waals surface area contributed by atoms with Crippen LogP contribution in [0.1, 0.15) is 22.3 Å². The van der Waals surface area contributed by atoms with Gasteiger partial charge in [0.25, 0.3) is 5.91 Å². The molecule has 1 heterocycles. The molecular weight excluding hydrogens is 560 g/mol. The Kier molecular flexibility index (Phi) is 10.8. The van der Waals surface area contributed by atoms with Crippen LogP contribution in [0, 0.1) is 0 Å². The van der Waals surface area contributed by atoms with E-state index in [0.29, 0.717) is 16.5 Å². The van der Waals surface area contributed by atoms with E-state index in [1.807, 2.05) is 30.3 Å². The largest absolute Gasteiger partial charge is 0.492 e. The van der Waals surface area contributed by atoms with Crippen molar-refractivity contribution in [2.45, 2.75) is 24.9 Å². The highest BCUT2D eigenvalue weighted by Gasteiger charge is 2.30. The summed E-state index contributed by atoms with van der Waals surface area (Å²) in [6.07, 6.45) is -0.133. The Balaban J connectivity index is 1.51. The van der Waals surface area contributed by atoms with Crippen molar-refractivity contribution in [3.8, 4) is 11.5 Å². The Hall–Kier alpha value is -4.57. The monoisotopic (exact) mass is 592 g/mol. The van der Waals surface area contributed by atoms with Crippen molar-refractivity contribution in [3.05, 3.63) is 95.0 Å². The number of nitrogens with one attached hydrogen (secondary N) is 3. The highest BCUT2D eigenvalue weighted by molar-refractivity contribution is 6.30. The Morgan fingerprint density at radius 3 is 2.48 bits per heavy atom. The second-order valence-electron chi connectivity index (χ2n) is 9.74. The first kappa shape index (κ1) is 30.4. The number of benzene rings is 3. The maximum Gasteiger partial charge on any atom is 0.255 e. The molecule has 2 atom stereocenters. The van der Waals surface area contributed by atoms with Crippen LogP contribution in [-0.4, -0.2) is 74.0 Å². The number of amides is 4. The summed E-state index contributed by atoms with van der Waals surface area (Å²) in [7, 11) is 1.63. The van der Waals surface area contributed by atoms with Crippen LogP contribution in [-0.2, 0) is 20.8 Å². The zero-order valence-corrected chi connectivity index (χ0v) is 23.9. The lowest BCUT2D eigenvalue weighted by Crippen LogP contribution is -2.53. The second-order valence-corrected chi connectivity index (χ2v) is 10.2. The fraction of sp³-hybridized carbons (Fsp3) is 0.290. The van der Waals surface area contributed by atoms with Gasteiger partial charge in [-0.3, -0.25) is 19.2 Å². The standard InChI is InChI=1S/C31H33ClN4O6/c1-36-16-18-42-27-10-6-5-9-24(27)29(38)35-25(30(39)33-15-17-41-23-13-11-22(32)12-14-23)20-28(37)34-26(31(36)40)19-21-7-3-2-4-8-21/h2-14,25-26H,15-20H2,1H3,(H,33,39)(H,34,37)(H,35,38)/t25-,26-/m0/s1. The minimum atomic E-state index is -1.23. The van der Waals surface area contributed by atoms with Crippen LogP contribution in [0.25, 0.3) is 0 Å². The van der Waals surface area contributed by atoms with E-state index in [4.69, 9.17) is 21.1 Å². The molecule has 1 aliphatic rings. The van der Waals surface area contributed by atoms with Crippen LogP contribution in [0.5, 0.6) is 11.5 Å². The van der Waals surface area contributed by atoms with Gasteiger partial charge in [-0.1, -0.05) is 54.1 Å². The zero-order valence-electron chi connectivity index (χ0n) is 23.2. The van der Waals surface area contributed by atoms with Gasteiger partial charge in [-0.2, -0.15) is 0 Å². The lowest BCUT2D eigenvalue weighted by molar-refractivity contribution is -0.136. The van der Waals surface area contributed by atoms with E-state index in [-0.39, 0.29) is 50.6 Å². The zero-order chi connectivity index (χ0) is 29.9. The molecule has 0 bridgehead atoms. The second kappa shape index (κ2) is 14.9. The first-order valence-electron chi connectivity index (χ1n) is 13.6. The van der Waals surface area contributed by atoms with E-state index in [1.165, 1.54) is 4.90 Å². The molecule has 0 fully saturated rings. The van der Waals surface area contributed by atoms with Gasteiger partial charge in [0.1, 0.15) is 36.8 Å². The average molecular weight is 593 g/mol. The lowest BCUT2D eigenvalue weighted by Gasteiger charge is -2.26. The first-order valence-corrected chi connectivity index (χ1v) is 13.9. The smallest absolute Gasteiger partial charge is 0.255 e. The minimum Gasteiger partial charge on any atom is -0.492 e. The predicted octanol–water partition coefficient (Wildman–Crippen LogP) is 2.60. The molecule has 3 aromatic carbocycles. The highest BCUT2D eigenvalue weighted by atomic mass is 35.5. The van der Waals surface area contributed by atoms with Crippen LogP contribution in [0.3, 0.4) is 0 Å². The van der Waals surface area contributed by atoms with Gasteiger partial charge >= 0.3 is 0 Å². The molecule has 0 unspecified atom stereocenters. The molecule has 0 aromatic heterocycles. The van der Waals surface area contributed by atoms with Crippen molar-refractivity contribution in [1.82, 2.24) is 20.9 Å². The topological polar surface area (TPSA) is 126 Å². The van der Waals surface area contributed by atoms with Crippen LogP contribution in [0.15, 0.2) is 78.9 Å². The van der Waals surface area contributed by atoms with Gasteiger partial charge in [0, 0.05) is 18.5 Å². The Morgan fingerprint density at radius 1 is 1.00 bits per heavy atom. The van der Waals surface area contributed by atoms with Crippen molar-refractivity contribution in [2.75, 3.05) is 33.4 Å². The molecule has 4 amide bonds. The summed E-state index contributed by atoms with van der Waals surface area (Å²) in [6, 6.07) is 20.6. The van der Waals surface area contributed by atoms with Gasteiger partial charge < -0.3 is 30.3 Å². The van der Waals surface area contributed by atoms with Crippen LogP contribution in [0.4, 0.5) is 0 Å². The molecule has 0 saturated carbocycles. The molecule has 1 aliphatic heterocycles. The highest BCUT2D eigenvalue weighted by Crippen LogP contribution is 2.19. The molecule has 0 aliphatic carbocycles. The van der Waals surface area contributed by atoms with Crippen molar-refractivity contribution in [3.63, 3.8) is 0 Å². The number of hydrogen-bond acceptors (Lipinski definition) is 6. The fourth-order valence-corrected chi connectivity index (χ4v) is 4.51. The predicted molar refractivity (Wildman–Crippen MR) is 157 cm³/mol. The first-order chi connectivity index (χ1) is 20.3. The average Bonchev–Trinajstić information content (AvgIpc) is 2.99. The normalized spacial score (nSPS) is 18.0. The van der Waals surface area contributed by atoms with Gasteiger partial charge in [-0.15, -0.1) is 0 Å². The third-order valence-corrected chi connectivity index (χ3v) is 6.86. The van der Waals surface area contributed by atoms with Gasteiger partial charge in [-0.05, 0) is 42.0 Å². The van der Waals surface area contributed by atoms with Crippen molar-refractivity contribution in [1.29, 1.82) is 0 Å². The maximum atomic E-state index is 13.4. The summed E-state index contributed by atoms with van der Waals surface area (Å²) in [5.41, 5.74) is 1.06. The molecule has 10 nitrogen and oxygen atoms in total. The van der Waals surface area contributed by atoms with Crippen molar-refractivity contribution in [2.24, 2.45) is 0 Å². The van der Waals surface area contributed by atoms with Crippen LogP contribution < -0.4 is 25.4 Å². The summed E-state index contributed by atoms with van der Waals surface area (Å²) >= 11 is 5.89. The van der Waals surface area contributed by atoms with Crippen molar-refractivity contribution < 1.29 is 28.7 Å². The van der Waals surface area contributed by atoms with Gasteiger partial charge in [-0.25, -0.2) is 0 Å². The number of likely N-dealkylation sites (N-methyl/N-ethyl adjacent to an activating group) is 1. The molecule has 220 valence electrons. The number of carbonyl (C=O) groups is 4. The Morgan fingerprint density at radius 2 is 1.71 bits per heavy atom. The summed E-state index contributed by atoms with van der Waals surface area (Å²) in [4.78, 5) is 54.6. The van der Waals surface area contributed by atoms with E-state index in [1.54, 1.807) is 55.6 Å².